The summed E-state index contributed by atoms with van der Waals surface area (Å²) in [5.41, 5.74) is 2.45. The van der Waals surface area contributed by atoms with Crippen LogP contribution in [0.5, 0.6) is 5.75 Å². The van der Waals surface area contributed by atoms with Crippen LogP contribution in [0.15, 0.2) is 54.6 Å². The maximum atomic E-state index is 5.11. The van der Waals surface area contributed by atoms with Crippen LogP contribution in [0.1, 0.15) is 0 Å². The quantitative estimate of drug-likeness (QED) is 0.750. The molecular formula is C13H14OS. The third-order valence-corrected chi connectivity index (χ3v) is 2.20. The van der Waals surface area contributed by atoms with Crippen molar-refractivity contribution in [1.29, 1.82) is 0 Å². The molecule has 0 atom stereocenters. The van der Waals surface area contributed by atoms with Gasteiger partial charge in [0, 0.05) is 0 Å². The highest BCUT2D eigenvalue weighted by Gasteiger charge is 1.95. The summed E-state index contributed by atoms with van der Waals surface area (Å²) in [7, 11) is 1.68. The fourth-order valence-corrected chi connectivity index (χ4v) is 1.41. The number of benzene rings is 2. The minimum Gasteiger partial charge on any atom is -0.497 e. The van der Waals surface area contributed by atoms with Crippen molar-refractivity contribution in [2.75, 3.05) is 7.11 Å². The lowest BCUT2D eigenvalue weighted by atomic mass is 10.1. The Hall–Kier alpha value is -1.41. The minimum atomic E-state index is 0. The second-order valence-electron chi connectivity index (χ2n) is 3.09. The molecule has 2 rings (SSSR count). The highest BCUT2D eigenvalue weighted by atomic mass is 32.1. The number of hydrogen-bond donors (Lipinski definition) is 0. The summed E-state index contributed by atoms with van der Waals surface area (Å²) >= 11 is 0. The third kappa shape index (κ3) is 2.77. The van der Waals surface area contributed by atoms with Gasteiger partial charge in [0.25, 0.3) is 0 Å². The predicted molar refractivity (Wildman–Crippen MR) is 68.8 cm³/mol. The zero-order valence-electron chi connectivity index (χ0n) is 8.60. The Kier molecular flexibility index (Phi) is 4.25. The zero-order valence-corrected chi connectivity index (χ0v) is 9.60. The van der Waals surface area contributed by atoms with Crippen molar-refractivity contribution in [2.24, 2.45) is 0 Å². The molecule has 0 radical (unpaired) electrons. The Labute approximate surface area is 97.2 Å². The number of hydrogen-bond acceptors (Lipinski definition) is 1. The lowest BCUT2D eigenvalue weighted by molar-refractivity contribution is 0.415. The maximum absolute atomic E-state index is 5.11. The van der Waals surface area contributed by atoms with Gasteiger partial charge in [0.2, 0.25) is 0 Å². The van der Waals surface area contributed by atoms with Gasteiger partial charge in [-0.1, -0.05) is 42.5 Å². The Morgan fingerprint density at radius 3 is 1.80 bits per heavy atom. The van der Waals surface area contributed by atoms with Gasteiger partial charge >= 0.3 is 0 Å². The number of methoxy groups -OCH3 is 1. The van der Waals surface area contributed by atoms with Crippen LogP contribution in [-0.4, -0.2) is 7.11 Å². The number of ether oxygens (including phenoxy) is 1. The van der Waals surface area contributed by atoms with E-state index in [4.69, 9.17) is 4.74 Å². The Morgan fingerprint density at radius 2 is 1.27 bits per heavy atom. The van der Waals surface area contributed by atoms with Crippen LogP contribution >= 0.6 is 13.5 Å². The van der Waals surface area contributed by atoms with E-state index < -0.39 is 0 Å². The van der Waals surface area contributed by atoms with E-state index in [2.05, 4.69) is 24.3 Å². The average molecular weight is 218 g/mol. The molecule has 0 N–H and O–H groups in total. The first kappa shape index (κ1) is 11.7. The minimum absolute atomic E-state index is 0. The van der Waals surface area contributed by atoms with Crippen LogP contribution in [-0.2, 0) is 0 Å². The predicted octanol–water partition coefficient (Wildman–Crippen LogP) is 3.48. The zero-order chi connectivity index (χ0) is 9.80. The normalized spacial score (nSPS) is 9.13. The molecule has 2 aromatic carbocycles. The summed E-state index contributed by atoms with van der Waals surface area (Å²) < 4.78 is 5.11. The van der Waals surface area contributed by atoms with Crippen molar-refractivity contribution in [1.82, 2.24) is 0 Å². The monoisotopic (exact) mass is 218 g/mol. The molecule has 0 unspecified atom stereocenters. The van der Waals surface area contributed by atoms with E-state index in [9.17, 15) is 0 Å². The lowest BCUT2D eigenvalue weighted by Gasteiger charge is -2.02. The fourth-order valence-electron chi connectivity index (χ4n) is 1.41. The van der Waals surface area contributed by atoms with Crippen molar-refractivity contribution < 1.29 is 4.74 Å². The molecule has 0 saturated heterocycles. The van der Waals surface area contributed by atoms with E-state index in [-0.39, 0.29) is 13.5 Å². The van der Waals surface area contributed by atoms with Gasteiger partial charge in [-0.25, -0.2) is 0 Å². The Bertz CT molecular complexity index is 395. The van der Waals surface area contributed by atoms with Crippen LogP contribution in [0.3, 0.4) is 0 Å². The van der Waals surface area contributed by atoms with E-state index in [1.807, 2.05) is 30.3 Å². The first-order valence-electron chi connectivity index (χ1n) is 4.59. The van der Waals surface area contributed by atoms with Gasteiger partial charge < -0.3 is 4.74 Å². The van der Waals surface area contributed by atoms with Crippen molar-refractivity contribution in [3.05, 3.63) is 54.6 Å². The smallest absolute Gasteiger partial charge is 0.118 e. The molecule has 0 aliphatic carbocycles. The maximum Gasteiger partial charge on any atom is 0.118 e. The molecule has 0 aliphatic rings. The van der Waals surface area contributed by atoms with Crippen LogP contribution < -0.4 is 4.74 Å². The first-order chi connectivity index (χ1) is 6.90. The highest BCUT2D eigenvalue weighted by molar-refractivity contribution is 7.59. The fraction of sp³-hybridized carbons (Fsp3) is 0.0769. The molecule has 1 nitrogen and oxygen atoms in total. The summed E-state index contributed by atoms with van der Waals surface area (Å²) in [6.45, 7) is 0. The SMILES string of the molecule is COc1ccc(-c2ccccc2)cc1.S. The summed E-state index contributed by atoms with van der Waals surface area (Å²) in [6.07, 6.45) is 0. The van der Waals surface area contributed by atoms with E-state index in [1.165, 1.54) is 11.1 Å². The molecule has 2 heteroatoms. The van der Waals surface area contributed by atoms with Crippen LogP contribution in [0.25, 0.3) is 11.1 Å². The molecule has 0 fully saturated rings. The van der Waals surface area contributed by atoms with Gasteiger partial charge in [0.15, 0.2) is 0 Å². The van der Waals surface area contributed by atoms with E-state index in [1.54, 1.807) is 7.11 Å². The molecule has 0 saturated carbocycles. The largest absolute Gasteiger partial charge is 0.497 e. The third-order valence-electron chi connectivity index (χ3n) is 2.20. The Morgan fingerprint density at radius 1 is 0.733 bits per heavy atom. The molecule has 0 amide bonds. The van der Waals surface area contributed by atoms with Crippen molar-refractivity contribution in [3.63, 3.8) is 0 Å². The molecule has 0 spiro atoms. The second-order valence-corrected chi connectivity index (χ2v) is 3.09. The molecule has 0 bridgehead atoms. The van der Waals surface area contributed by atoms with Gasteiger partial charge in [0.05, 0.1) is 7.11 Å². The van der Waals surface area contributed by atoms with Crippen LogP contribution in [0, 0.1) is 0 Å². The molecular weight excluding hydrogens is 204 g/mol. The van der Waals surface area contributed by atoms with Gasteiger partial charge in [-0.3, -0.25) is 0 Å². The second kappa shape index (κ2) is 5.47. The molecule has 0 heterocycles. The summed E-state index contributed by atoms with van der Waals surface area (Å²) in [5, 5.41) is 0. The summed E-state index contributed by atoms with van der Waals surface area (Å²) in [6, 6.07) is 18.4. The van der Waals surface area contributed by atoms with Gasteiger partial charge in [-0.15, -0.1) is 0 Å². The topological polar surface area (TPSA) is 9.23 Å². The summed E-state index contributed by atoms with van der Waals surface area (Å²) in [4.78, 5) is 0. The molecule has 78 valence electrons. The average Bonchev–Trinajstić information content (AvgIpc) is 2.30. The van der Waals surface area contributed by atoms with Crippen LogP contribution in [0.2, 0.25) is 0 Å². The Balaban J connectivity index is 0.00000112. The van der Waals surface area contributed by atoms with Gasteiger partial charge in [-0.2, -0.15) is 13.5 Å². The first-order valence-corrected chi connectivity index (χ1v) is 4.59. The summed E-state index contributed by atoms with van der Waals surface area (Å²) in [5.74, 6) is 0.893. The van der Waals surface area contributed by atoms with E-state index in [0.29, 0.717) is 0 Å². The van der Waals surface area contributed by atoms with Gasteiger partial charge in [0.1, 0.15) is 5.75 Å². The number of rotatable bonds is 2. The van der Waals surface area contributed by atoms with E-state index >= 15 is 0 Å². The van der Waals surface area contributed by atoms with E-state index in [0.717, 1.165) is 5.75 Å². The molecule has 0 aliphatic heterocycles. The standard InChI is InChI=1S/C13H12O.H2S/c1-14-13-9-7-12(8-10-13)11-5-3-2-4-6-11;/h2-10H,1H3;1H2. The molecule has 15 heavy (non-hydrogen) atoms. The van der Waals surface area contributed by atoms with Crippen molar-refractivity contribution in [3.8, 4) is 16.9 Å². The molecule has 0 aromatic heterocycles. The highest BCUT2D eigenvalue weighted by Crippen LogP contribution is 2.21. The van der Waals surface area contributed by atoms with Crippen molar-refractivity contribution >= 4 is 13.5 Å². The van der Waals surface area contributed by atoms with Gasteiger partial charge in [-0.05, 0) is 23.3 Å². The van der Waals surface area contributed by atoms with Crippen LogP contribution in [0.4, 0.5) is 0 Å². The lowest BCUT2D eigenvalue weighted by Crippen LogP contribution is -1.82. The molecule has 2 aromatic rings. The van der Waals surface area contributed by atoms with Crippen molar-refractivity contribution in [2.45, 2.75) is 0 Å².